The van der Waals surface area contributed by atoms with Crippen molar-refractivity contribution in [1.29, 1.82) is 0 Å². The van der Waals surface area contributed by atoms with Gasteiger partial charge in [0.1, 0.15) is 11.2 Å². The fourth-order valence-corrected chi connectivity index (χ4v) is 3.16. The highest BCUT2D eigenvalue weighted by molar-refractivity contribution is 8.00. The third-order valence-electron chi connectivity index (χ3n) is 2.55. The predicted molar refractivity (Wildman–Crippen MR) is 74.2 cm³/mol. The Balaban J connectivity index is 2.56. The van der Waals surface area contributed by atoms with E-state index in [-0.39, 0.29) is 16.8 Å². The molecule has 0 bridgehead atoms. The molecule has 0 amide bonds. The van der Waals surface area contributed by atoms with Crippen LogP contribution in [-0.4, -0.2) is 8.42 Å². The van der Waals surface area contributed by atoms with Gasteiger partial charge in [0.05, 0.1) is 4.90 Å². The standard InChI is InChI=1S/C14H10ClFO2S/c15-12-6-4-5-11(9-12)14(10-16)19(17,18)13-7-2-1-3-8-13/h1-10H. The van der Waals surface area contributed by atoms with Crippen LogP contribution in [0.2, 0.25) is 5.02 Å². The zero-order chi connectivity index (χ0) is 13.9. The van der Waals surface area contributed by atoms with Crippen molar-refractivity contribution in [3.8, 4) is 0 Å². The van der Waals surface area contributed by atoms with E-state index in [1.807, 2.05) is 0 Å². The second kappa shape index (κ2) is 5.55. The SMILES string of the molecule is O=S(=O)(C(=CF)c1cccc(Cl)c1)c1ccccc1. The molecule has 0 saturated heterocycles. The lowest BCUT2D eigenvalue weighted by molar-refractivity contribution is 0.605. The van der Waals surface area contributed by atoms with Crippen LogP contribution < -0.4 is 0 Å². The largest absolute Gasteiger partial charge is 0.218 e. The van der Waals surface area contributed by atoms with E-state index in [4.69, 9.17) is 11.6 Å². The highest BCUT2D eigenvalue weighted by atomic mass is 35.5. The minimum absolute atomic E-state index is 0.0406. The molecule has 0 aromatic heterocycles. The first kappa shape index (κ1) is 13.8. The van der Waals surface area contributed by atoms with E-state index in [1.165, 1.54) is 24.3 Å². The Hall–Kier alpha value is -1.65. The topological polar surface area (TPSA) is 34.1 Å². The normalized spacial score (nSPS) is 12.4. The minimum Gasteiger partial charge on any atom is -0.218 e. The van der Waals surface area contributed by atoms with Gasteiger partial charge in [-0.15, -0.1) is 0 Å². The van der Waals surface area contributed by atoms with Gasteiger partial charge in [-0.05, 0) is 29.8 Å². The molecule has 19 heavy (non-hydrogen) atoms. The van der Waals surface area contributed by atoms with Gasteiger partial charge in [-0.3, -0.25) is 0 Å². The third kappa shape index (κ3) is 2.85. The zero-order valence-electron chi connectivity index (χ0n) is 9.75. The van der Waals surface area contributed by atoms with Crippen LogP contribution in [0.1, 0.15) is 5.56 Å². The molecule has 2 rings (SSSR count). The fourth-order valence-electron chi connectivity index (χ4n) is 1.65. The summed E-state index contributed by atoms with van der Waals surface area (Å²) in [6.07, 6.45) is 0.0913. The van der Waals surface area contributed by atoms with E-state index in [0.29, 0.717) is 5.02 Å². The number of hydrogen-bond acceptors (Lipinski definition) is 2. The van der Waals surface area contributed by atoms with Gasteiger partial charge in [0.15, 0.2) is 0 Å². The molecule has 2 aromatic carbocycles. The van der Waals surface area contributed by atoms with Crippen molar-refractivity contribution in [3.05, 3.63) is 71.5 Å². The molecule has 0 N–H and O–H groups in total. The Bertz CT molecular complexity index is 709. The highest BCUT2D eigenvalue weighted by Gasteiger charge is 2.22. The van der Waals surface area contributed by atoms with Crippen molar-refractivity contribution in [2.24, 2.45) is 0 Å². The average molecular weight is 297 g/mol. The molecule has 0 saturated carbocycles. The fraction of sp³-hybridized carbons (Fsp3) is 0. The summed E-state index contributed by atoms with van der Waals surface area (Å²) in [5.41, 5.74) is 0.221. The first-order chi connectivity index (χ1) is 9.05. The van der Waals surface area contributed by atoms with Gasteiger partial charge in [-0.1, -0.05) is 41.9 Å². The average Bonchev–Trinajstić information content (AvgIpc) is 2.40. The van der Waals surface area contributed by atoms with Crippen molar-refractivity contribution in [2.45, 2.75) is 4.90 Å². The van der Waals surface area contributed by atoms with Crippen LogP contribution in [0.5, 0.6) is 0 Å². The van der Waals surface area contributed by atoms with E-state index in [9.17, 15) is 12.8 Å². The lowest BCUT2D eigenvalue weighted by Gasteiger charge is -2.08. The first-order valence-electron chi connectivity index (χ1n) is 5.42. The predicted octanol–water partition coefficient (Wildman–Crippen LogP) is 4.08. The smallest absolute Gasteiger partial charge is 0.209 e. The van der Waals surface area contributed by atoms with Crippen LogP contribution in [0.25, 0.3) is 4.91 Å². The maximum Gasteiger partial charge on any atom is 0.209 e. The van der Waals surface area contributed by atoms with Crippen LogP contribution in [0.3, 0.4) is 0 Å². The van der Waals surface area contributed by atoms with E-state index in [2.05, 4.69) is 0 Å². The zero-order valence-corrected chi connectivity index (χ0v) is 11.3. The minimum atomic E-state index is -3.89. The van der Waals surface area contributed by atoms with Gasteiger partial charge in [0.25, 0.3) is 0 Å². The van der Waals surface area contributed by atoms with Crippen molar-refractivity contribution in [2.75, 3.05) is 0 Å². The quantitative estimate of drug-likeness (QED) is 0.855. The van der Waals surface area contributed by atoms with Crippen LogP contribution in [0, 0.1) is 0 Å². The van der Waals surface area contributed by atoms with E-state index in [0.717, 1.165) is 0 Å². The Kier molecular flexibility index (Phi) is 4.02. The number of halogens is 2. The summed E-state index contributed by atoms with van der Waals surface area (Å²) >= 11 is 5.80. The molecule has 0 spiro atoms. The third-order valence-corrected chi connectivity index (χ3v) is 4.58. The van der Waals surface area contributed by atoms with Crippen LogP contribution in [0.4, 0.5) is 4.39 Å². The lowest BCUT2D eigenvalue weighted by Crippen LogP contribution is -2.03. The highest BCUT2D eigenvalue weighted by Crippen LogP contribution is 2.29. The Morgan fingerprint density at radius 3 is 2.32 bits per heavy atom. The molecule has 0 unspecified atom stereocenters. The molecule has 0 aliphatic rings. The summed E-state index contributed by atoms with van der Waals surface area (Å²) in [5.74, 6) is 0. The van der Waals surface area contributed by atoms with Crippen LogP contribution in [-0.2, 0) is 9.84 Å². The van der Waals surface area contributed by atoms with Gasteiger partial charge in [0, 0.05) is 5.02 Å². The van der Waals surface area contributed by atoms with E-state index < -0.39 is 14.7 Å². The summed E-state index contributed by atoms with van der Waals surface area (Å²) in [7, 11) is -3.89. The molecule has 0 aliphatic carbocycles. The van der Waals surface area contributed by atoms with Gasteiger partial charge in [-0.25, -0.2) is 12.8 Å². The molecular weight excluding hydrogens is 287 g/mol. The monoisotopic (exact) mass is 296 g/mol. The molecule has 0 fully saturated rings. The van der Waals surface area contributed by atoms with E-state index >= 15 is 0 Å². The molecule has 98 valence electrons. The summed E-state index contributed by atoms with van der Waals surface area (Å²) in [6, 6.07) is 13.8. The first-order valence-corrected chi connectivity index (χ1v) is 7.28. The summed E-state index contributed by atoms with van der Waals surface area (Å²) in [5, 5.41) is 0.347. The Labute approximate surface area is 116 Å². The maximum atomic E-state index is 13.1. The van der Waals surface area contributed by atoms with Crippen molar-refractivity contribution >= 4 is 26.3 Å². The number of benzene rings is 2. The van der Waals surface area contributed by atoms with Gasteiger partial charge >= 0.3 is 0 Å². The van der Waals surface area contributed by atoms with Crippen molar-refractivity contribution in [1.82, 2.24) is 0 Å². The maximum absolute atomic E-state index is 13.1. The molecule has 0 heterocycles. The van der Waals surface area contributed by atoms with Gasteiger partial charge < -0.3 is 0 Å². The second-order valence-electron chi connectivity index (χ2n) is 3.80. The summed E-state index contributed by atoms with van der Waals surface area (Å²) in [6.45, 7) is 0. The second-order valence-corrected chi connectivity index (χ2v) is 6.15. The van der Waals surface area contributed by atoms with Crippen LogP contribution in [0.15, 0.2) is 65.8 Å². The number of hydrogen-bond donors (Lipinski definition) is 0. The van der Waals surface area contributed by atoms with Gasteiger partial charge in [-0.2, -0.15) is 0 Å². The Morgan fingerprint density at radius 1 is 1.05 bits per heavy atom. The van der Waals surface area contributed by atoms with Crippen molar-refractivity contribution < 1.29 is 12.8 Å². The molecule has 5 heteroatoms. The molecule has 0 aliphatic heterocycles. The summed E-state index contributed by atoms with van der Waals surface area (Å²) in [4.78, 5) is -0.361. The molecule has 2 nitrogen and oxygen atoms in total. The van der Waals surface area contributed by atoms with Crippen LogP contribution >= 0.6 is 11.6 Å². The summed E-state index contributed by atoms with van der Waals surface area (Å²) < 4.78 is 37.7. The lowest BCUT2D eigenvalue weighted by atomic mass is 10.2. The molecule has 2 aromatic rings. The van der Waals surface area contributed by atoms with E-state index in [1.54, 1.807) is 30.3 Å². The molecular formula is C14H10ClFO2S. The molecule has 0 atom stereocenters. The Morgan fingerprint density at radius 2 is 1.74 bits per heavy atom. The number of sulfone groups is 1. The molecule has 0 radical (unpaired) electrons. The van der Waals surface area contributed by atoms with Gasteiger partial charge in [0.2, 0.25) is 9.84 Å². The van der Waals surface area contributed by atoms with Crippen molar-refractivity contribution in [3.63, 3.8) is 0 Å². The number of rotatable bonds is 3.